The van der Waals surface area contributed by atoms with Crippen LogP contribution in [0.1, 0.15) is 23.9 Å². The summed E-state index contributed by atoms with van der Waals surface area (Å²) in [5, 5.41) is 9.08. The number of halogens is 1. The molecule has 1 heterocycles. The predicted octanol–water partition coefficient (Wildman–Crippen LogP) is 4.00. The van der Waals surface area contributed by atoms with E-state index < -0.39 is 0 Å². The van der Waals surface area contributed by atoms with Gasteiger partial charge in [-0.3, -0.25) is 4.98 Å². The quantitative estimate of drug-likeness (QED) is 0.925. The number of ether oxygens (including phenoxy) is 1. The molecule has 0 atom stereocenters. The molecule has 1 aromatic heterocycles. The van der Waals surface area contributed by atoms with Crippen molar-refractivity contribution in [3.8, 4) is 11.5 Å². The highest BCUT2D eigenvalue weighted by Gasteiger charge is 2.08. The van der Waals surface area contributed by atoms with Crippen LogP contribution in [0.15, 0.2) is 34.8 Å². The van der Waals surface area contributed by atoms with Crippen LogP contribution in [0.4, 0.5) is 0 Å². The van der Waals surface area contributed by atoms with Crippen LogP contribution in [0.3, 0.4) is 0 Å². The van der Waals surface area contributed by atoms with Crippen LogP contribution in [0, 0.1) is 6.92 Å². The molecule has 19 heavy (non-hydrogen) atoms. The molecule has 2 aromatic rings. The molecule has 0 aliphatic carbocycles. The smallest absolute Gasteiger partial charge is 0.148 e. The normalized spacial score (nSPS) is 10.5. The van der Waals surface area contributed by atoms with E-state index >= 15 is 0 Å². The maximum Gasteiger partial charge on any atom is 0.148 e. The maximum absolute atomic E-state index is 9.08. The first-order valence-corrected chi connectivity index (χ1v) is 6.97. The molecular weight excluding hydrogens is 306 g/mol. The maximum atomic E-state index is 9.08. The van der Waals surface area contributed by atoms with E-state index in [0.717, 1.165) is 39.3 Å². The van der Waals surface area contributed by atoms with Gasteiger partial charge in [0.25, 0.3) is 0 Å². The van der Waals surface area contributed by atoms with Crippen molar-refractivity contribution in [1.82, 2.24) is 4.98 Å². The first-order chi connectivity index (χ1) is 9.13. The van der Waals surface area contributed by atoms with Crippen molar-refractivity contribution < 1.29 is 9.84 Å². The van der Waals surface area contributed by atoms with Gasteiger partial charge in [0.05, 0.1) is 16.8 Å². The molecule has 1 aromatic carbocycles. The van der Waals surface area contributed by atoms with Crippen molar-refractivity contribution in [2.45, 2.75) is 26.9 Å². The van der Waals surface area contributed by atoms with E-state index in [2.05, 4.69) is 27.8 Å². The number of pyridine rings is 1. The minimum absolute atomic E-state index is 0.0190. The Morgan fingerprint density at radius 2 is 1.95 bits per heavy atom. The van der Waals surface area contributed by atoms with Crippen LogP contribution in [0.5, 0.6) is 11.5 Å². The average molecular weight is 322 g/mol. The summed E-state index contributed by atoms with van der Waals surface area (Å²) in [4.78, 5) is 4.47. The second kappa shape index (κ2) is 6.17. The van der Waals surface area contributed by atoms with Crippen LogP contribution in [0.25, 0.3) is 0 Å². The summed E-state index contributed by atoms with van der Waals surface area (Å²) in [5.74, 6) is 1.49. The summed E-state index contributed by atoms with van der Waals surface area (Å²) in [7, 11) is 0. The van der Waals surface area contributed by atoms with E-state index in [-0.39, 0.29) is 6.61 Å². The average Bonchev–Trinajstić information content (AvgIpc) is 2.42. The number of aromatic nitrogens is 1. The van der Waals surface area contributed by atoms with Crippen LogP contribution >= 0.6 is 15.9 Å². The van der Waals surface area contributed by atoms with Gasteiger partial charge in [0, 0.05) is 5.69 Å². The van der Waals surface area contributed by atoms with Crippen LogP contribution in [0.2, 0.25) is 0 Å². The van der Waals surface area contributed by atoms with Gasteiger partial charge < -0.3 is 9.84 Å². The van der Waals surface area contributed by atoms with Crippen molar-refractivity contribution in [3.05, 3.63) is 51.8 Å². The van der Waals surface area contributed by atoms with E-state index in [1.807, 2.05) is 37.3 Å². The fourth-order valence-corrected chi connectivity index (χ4v) is 2.30. The standard InChI is InChI=1S/C15H16BrNO2/c1-3-13-15(6-4-10(2)17-13)19-14-7-5-11(9-18)8-12(14)16/h4-8,18H,3,9H2,1-2H3. The zero-order chi connectivity index (χ0) is 13.8. The molecule has 0 spiro atoms. The number of aryl methyl sites for hydroxylation is 2. The summed E-state index contributed by atoms with van der Waals surface area (Å²) in [5.41, 5.74) is 2.77. The topological polar surface area (TPSA) is 42.4 Å². The second-order valence-corrected chi connectivity index (χ2v) is 5.13. The highest BCUT2D eigenvalue weighted by molar-refractivity contribution is 9.10. The Balaban J connectivity index is 2.31. The Bertz CT molecular complexity index is 584. The Morgan fingerprint density at radius 1 is 1.21 bits per heavy atom. The molecule has 0 unspecified atom stereocenters. The molecule has 4 heteroatoms. The van der Waals surface area contributed by atoms with Gasteiger partial charge in [0.2, 0.25) is 0 Å². The van der Waals surface area contributed by atoms with Crippen molar-refractivity contribution >= 4 is 15.9 Å². The van der Waals surface area contributed by atoms with Gasteiger partial charge >= 0.3 is 0 Å². The first kappa shape index (κ1) is 14.0. The first-order valence-electron chi connectivity index (χ1n) is 6.17. The molecule has 2 rings (SSSR count). The number of hydrogen-bond acceptors (Lipinski definition) is 3. The van der Waals surface area contributed by atoms with Gasteiger partial charge in [-0.05, 0) is 59.1 Å². The van der Waals surface area contributed by atoms with Gasteiger partial charge in [-0.15, -0.1) is 0 Å². The SMILES string of the molecule is CCc1nc(C)ccc1Oc1ccc(CO)cc1Br. The largest absolute Gasteiger partial charge is 0.454 e. The minimum Gasteiger partial charge on any atom is -0.454 e. The van der Waals surface area contributed by atoms with Crippen LogP contribution in [-0.2, 0) is 13.0 Å². The second-order valence-electron chi connectivity index (χ2n) is 4.28. The Morgan fingerprint density at radius 3 is 2.58 bits per heavy atom. The molecule has 0 bridgehead atoms. The minimum atomic E-state index is 0.0190. The number of rotatable bonds is 4. The van der Waals surface area contributed by atoms with Gasteiger partial charge in [-0.25, -0.2) is 0 Å². The number of hydrogen-bond donors (Lipinski definition) is 1. The van der Waals surface area contributed by atoms with E-state index in [4.69, 9.17) is 9.84 Å². The monoisotopic (exact) mass is 321 g/mol. The third kappa shape index (κ3) is 3.33. The van der Waals surface area contributed by atoms with E-state index in [0.29, 0.717) is 0 Å². The zero-order valence-electron chi connectivity index (χ0n) is 11.0. The molecule has 0 radical (unpaired) electrons. The van der Waals surface area contributed by atoms with Crippen molar-refractivity contribution in [2.75, 3.05) is 0 Å². The van der Waals surface area contributed by atoms with Gasteiger partial charge in [-0.2, -0.15) is 0 Å². The fraction of sp³-hybridized carbons (Fsp3) is 0.267. The molecule has 0 saturated heterocycles. The molecule has 0 aliphatic rings. The lowest BCUT2D eigenvalue weighted by Crippen LogP contribution is -1.96. The van der Waals surface area contributed by atoms with E-state index in [1.165, 1.54) is 0 Å². The third-order valence-electron chi connectivity index (χ3n) is 2.81. The van der Waals surface area contributed by atoms with Crippen LogP contribution < -0.4 is 4.74 Å². The van der Waals surface area contributed by atoms with Crippen molar-refractivity contribution in [2.24, 2.45) is 0 Å². The molecular formula is C15H16BrNO2. The highest BCUT2D eigenvalue weighted by Crippen LogP contribution is 2.32. The highest BCUT2D eigenvalue weighted by atomic mass is 79.9. The molecule has 100 valence electrons. The number of aliphatic hydroxyl groups is 1. The Labute approximate surface area is 121 Å². The summed E-state index contributed by atoms with van der Waals surface area (Å²) in [6.45, 7) is 4.04. The molecule has 3 nitrogen and oxygen atoms in total. The van der Waals surface area contributed by atoms with Crippen LogP contribution in [-0.4, -0.2) is 10.1 Å². The van der Waals surface area contributed by atoms with Gasteiger partial charge in [0.15, 0.2) is 0 Å². The molecule has 0 amide bonds. The Hall–Kier alpha value is -1.39. The lowest BCUT2D eigenvalue weighted by atomic mass is 10.2. The van der Waals surface area contributed by atoms with E-state index in [1.54, 1.807) is 0 Å². The van der Waals surface area contributed by atoms with E-state index in [9.17, 15) is 0 Å². The van der Waals surface area contributed by atoms with Gasteiger partial charge in [0.1, 0.15) is 11.5 Å². The van der Waals surface area contributed by atoms with Crippen molar-refractivity contribution in [1.29, 1.82) is 0 Å². The Kier molecular flexibility index (Phi) is 4.56. The number of aliphatic hydroxyl groups excluding tert-OH is 1. The lowest BCUT2D eigenvalue weighted by molar-refractivity contribution is 0.281. The molecule has 0 saturated carbocycles. The fourth-order valence-electron chi connectivity index (χ4n) is 1.79. The summed E-state index contributed by atoms with van der Waals surface area (Å²) in [6.07, 6.45) is 0.823. The molecule has 1 N–H and O–H groups in total. The number of benzene rings is 1. The lowest BCUT2D eigenvalue weighted by Gasteiger charge is -2.12. The molecule has 0 fully saturated rings. The third-order valence-corrected chi connectivity index (χ3v) is 3.43. The zero-order valence-corrected chi connectivity index (χ0v) is 12.6. The molecule has 0 aliphatic heterocycles. The summed E-state index contributed by atoms with van der Waals surface area (Å²) in [6, 6.07) is 9.41. The predicted molar refractivity (Wildman–Crippen MR) is 78.5 cm³/mol. The van der Waals surface area contributed by atoms with Gasteiger partial charge in [-0.1, -0.05) is 13.0 Å². The number of nitrogens with zero attached hydrogens (tertiary/aromatic N) is 1. The summed E-state index contributed by atoms with van der Waals surface area (Å²) >= 11 is 3.45. The van der Waals surface area contributed by atoms with Crippen molar-refractivity contribution in [3.63, 3.8) is 0 Å². The summed E-state index contributed by atoms with van der Waals surface area (Å²) < 4.78 is 6.72.